The third-order valence-corrected chi connectivity index (χ3v) is 13.5. The fourth-order valence-corrected chi connectivity index (χ4v) is 7.39. The van der Waals surface area contributed by atoms with Crippen molar-refractivity contribution in [3.63, 3.8) is 0 Å². The molecule has 7 heteroatoms. The molecule has 2 heterocycles. The molecular formula is C19H36O4S2Si. The van der Waals surface area contributed by atoms with Crippen molar-refractivity contribution in [2.45, 2.75) is 94.1 Å². The Kier molecular flexibility index (Phi) is 7.40. The molecule has 0 aromatic rings. The second-order valence-electron chi connectivity index (χ2n) is 9.32. The minimum atomic E-state index is -1.84. The van der Waals surface area contributed by atoms with Crippen LogP contribution in [0.5, 0.6) is 0 Å². The first-order valence-electron chi connectivity index (χ1n) is 9.61. The molecule has 0 N–H and O–H groups in total. The Balaban J connectivity index is 2.08. The highest BCUT2D eigenvalue weighted by Crippen LogP contribution is 2.50. The highest BCUT2D eigenvalue weighted by atomic mass is 32.2. The van der Waals surface area contributed by atoms with E-state index in [4.69, 9.17) is 13.9 Å². The van der Waals surface area contributed by atoms with Gasteiger partial charge in [0.2, 0.25) is 0 Å². The minimum absolute atomic E-state index is 0.0344. The van der Waals surface area contributed by atoms with Crippen molar-refractivity contribution in [1.29, 1.82) is 0 Å². The molecule has 4 nitrogen and oxygen atoms in total. The summed E-state index contributed by atoms with van der Waals surface area (Å²) in [6.07, 6.45) is 3.56. The van der Waals surface area contributed by atoms with Crippen molar-refractivity contribution in [1.82, 2.24) is 0 Å². The number of thioether (sulfide) groups is 2. The van der Waals surface area contributed by atoms with Crippen molar-refractivity contribution in [3.05, 3.63) is 0 Å². The maximum atomic E-state index is 11.3. The monoisotopic (exact) mass is 420 g/mol. The Morgan fingerprint density at radius 3 is 2.27 bits per heavy atom. The van der Waals surface area contributed by atoms with Crippen molar-refractivity contribution in [3.8, 4) is 0 Å². The molecule has 0 bridgehead atoms. The molecule has 2 aliphatic heterocycles. The minimum Gasteiger partial charge on any atom is -0.414 e. The van der Waals surface area contributed by atoms with E-state index in [-0.39, 0.29) is 21.3 Å². The molecule has 2 fully saturated rings. The fourth-order valence-electron chi connectivity index (χ4n) is 3.10. The van der Waals surface area contributed by atoms with Gasteiger partial charge < -0.3 is 18.7 Å². The van der Waals surface area contributed by atoms with Crippen molar-refractivity contribution >= 4 is 38.1 Å². The van der Waals surface area contributed by atoms with Crippen LogP contribution in [0.2, 0.25) is 18.1 Å². The molecule has 0 aromatic carbocycles. The van der Waals surface area contributed by atoms with E-state index in [1.807, 2.05) is 37.4 Å². The first-order valence-corrected chi connectivity index (χ1v) is 14.5. The Bertz CT molecular complexity index is 484. The van der Waals surface area contributed by atoms with Crippen LogP contribution < -0.4 is 0 Å². The maximum absolute atomic E-state index is 11.3. The lowest BCUT2D eigenvalue weighted by atomic mass is 10.1. The molecule has 152 valence electrons. The van der Waals surface area contributed by atoms with Crippen LogP contribution in [0, 0.1) is 0 Å². The summed E-state index contributed by atoms with van der Waals surface area (Å²) >= 11 is 3.83. The number of carbonyl (C=O) groups excluding carboxylic acids is 1. The van der Waals surface area contributed by atoms with Crippen LogP contribution in [0.1, 0.15) is 53.9 Å². The number of ether oxygens (including phenoxy) is 2. The quantitative estimate of drug-likeness (QED) is 0.423. The smallest absolute Gasteiger partial charge is 0.192 e. The standard InChI is InChI=1S/C19H36O4S2Si/c1-17(2,3)26(6,7)21-14-16-15(22-18(4,5)23-16)13-19(9-10-20)24-11-8-12-25-19/h10,15-16H,8-9,11-14H2,1-7H3/t15-,16-/m1/s1. The number of aldehydes is 1. The van der Waals surface area contributed by atoms with Gasteiger partial charge in [-0.3, -0.25) is 0 Å². The molecule has 2 aliphatic rings. The van der Waals surface area contributed by atoms with E-state index in [0.29, 0.717) is 13.0 Å². The Labute approximate surface area is 169 Å². The molecule has 0 unspecified atom stereocenters. The molecule has 2 saturated heterocycles. The van der Waals surface area contributed by atoms with Crippen LogP contribution in [-0.4, -0.2) is 54.8 Å². The van der Waals surface area contributed by atoms with E-state index in [2.05, 4.69) is 33.9 Å². The molecule has 26 heavy (non-hydrogen) atoms. The third-order valence-electron chi connectivity index (χ3n) is 5.63. The van der Waals surface area contributed by atoms with Crippen LogP contribution in [0.15, 0.2) is 0 Å². The second kappa shape index (κ2) is 8.45. The number of carbonyl (C=O) groups is 1. The van der Waals surface area contributed by atoms with Crippen LogP contribution in [-0.2, 0) is 18.7 Å². The first kappa shape index (κ1) is 22.8. The zero-order chi connectivity index (χ0) is 19.6. The maximum Gasteiger partial charge on any atom is 0.192 e. The SMILES string of the molecule is CC1(C)O[C@H](CO[Si](C)(C)C(C)(C)C)[C@@H](CC2(CC=O)SCCCS2)O1. The van der Waals surface area contributed by atoms with E-state index in [0.717, 1.165) is 24.2 Å². The summed E-state index contributed by atoms with van der Waals surface area (Å²) in [5.74, 6) is 1.63. The van der Waals surface area contributed by atoms with Gasteiger partial charge in [0, 0.05) is 12.8 Å². The van der Waals surface area contributed by atoms with Gasteiger partial charge >= 0.3 is 0 Å². The van der Waals surface area contributed by atoms with Gasteiger partial charge in [0.05, 0.1) is 16.8 Å². The van der Waals surface area contributed by atoms with E-state index < -0.39 is 14.1 Å². The van der Waals surface area contributed by atoms with Gasteiger partial charge in [0.25, 0.3) is 0 Å². The van der Waals surface area contributed by atoms with Gasteiger partial charge in [-0.05, 0) is 49.9 Å². The van der Waals surface area contributed by atoms with Gasteiger partial charge in [0.1, 0.15) is 12.4 Å². The van der Waals surface area contributed by atoms with E-state index in [1.54, 1.807) is 0 Å². The van der Waals surface area contributed by atoms with Crippen LogP contribution in [0.3, 0.4) is 0 Å². The third kappa shape index (κ3) is 5.74. The first-order chi connectivity index (χ1) is 11.9. The molecule has 0 aromatic heterocycles. The van der Waals surface area contributed by atoms with Gasteiger partial charge in [-0.15, -0.1) is 23.5 Å². The average molecular weight is 421 g/mol. The van der Waals surface area contributed by atoms with Crippen molar-refractivity contribution in [2.24, 2.45) is 0 Å². The Hall–Kier alpha value is 0.467. The van der Waals surface area contributed by atoms with Gasteiger partial charge in [0.15, 0.2) is 14.1 Å². The van der Waals surface area contributed by atoms with Crippen LogP contribution in [0.4, 0.5) is 0 Å². The summed E-state index contributed by atoms with van der Waals surface area (Å²) in [6.45, 7) is 15.8. The Morgan fingerprint density at radius 2 is 1.73 bits per heavy atom. The number of hydrogen-bond acceptors (Lipinski definition) is 6. The summed E-state index contributed by atoms with van der Waals surface area (Å²) in [6, 6.07) is 0. The normalized spacial score (nSPS) is 28.9. The molecule has 0 amide bonds. The van der Waals surface area contributed by atoms with Gasteiger partial charge in [-0.25, -0.2) is 0 Å². The lowest BCUT2D eigenvalue weighted by Crippen LogP contribution is -2.45. The molecule has 0 spiro atoms. The summed E-state index contributed by atoms with van der Waals surface area (Å²) in [5.41, 5.74) is 0. The van der Waals surface area contributed by atoms with Crippen molar-refractivity contribution in [2.75, 3.05) is 18.1 Å². The summed E-state index contributed by atoms with van der Waals surface area (Å²) < 4.78 is 18.8. The molecule has 2 atom stereocenters. The molecule has 0 aliphatic carbocycles. The highest BCUT2D eigenvalue weighted by molar-refractivity contribution is 8.18. The summed E-state index contributed by atoms with van der Waals surface area (Å²) in [4.78, 5) is 11.3. The molecule has 0 saturated carbocycles. The van der Waals surface area contributed by atoms with Crippen LogP contribution >= 0.6 is 23.5 Å². The fraction of sp³-hybridized carbons (Fsp3) is 0.947. The number of hydrogen-bond donors (Lipinski definition) is 0. The molecule has 2 rings (SSSR count). The lowest BCUT2D eigenvalue weighted by Gasteiger charge is -2.39. The Morgan fingerprint density at radius 1 is 1.15 bits per heavy atom. The lowest BCUT2D eigenvalue weighted by molar-refractivity contribution is -0.149. The predicted octanol–water partition coefficient (Wildman–Crippen LogP) is 5.07. The van der Waals surface area contributed by atoms with E-state index in [9.17, 15) is 4.79 Å². The zero-order valence-electron chi connectivity index (χ0n) is 17.4. The molecule has 0 radical (unpaired) electrons. The summed E-state index contributed by atoms with van der Waals surface area (Å²) in [7, 11) is -1.84. The molecular weight excluding hydrogens is 384 g/mol. The summed E-state index contributed by atoms with van der Waals surface area (Å²) in [5, 5.41) is 0.172. The average Bonchev–Trinajstić information content (AvgIpc) is 2.79. The van der Waals surface area contributed by atoms with Crippen molar-refractivity contribution < 1.29 is 18.7 Å². The van der Waals surface area contributed by atoms with Gasteiger partial charge in [-0.1, -0.05) is 20.8 Å². The largest absolute Gasteiger partial charge is 0.414 e. The second-order valence-corrected chi connectivity index (χ2v) is 17.3. The zero-order valence-corrected chi connectivity index (χ0v) is 20.1. The van der Waals surface area contributed by atoms with Crippen LogP contribution in [0.25, 0.3) is 0 Å². The van der Waals surface area contributed by atoms with Gasteiger partial charge in [-0.2, -0.15) is 0 Å². The predicted molar refractivity (Wildman–Crippen MR) is 115 cm³/mol. The highest BCUT2D eigenvalue weighted by Gasteiger charge is 2.48. The van der Waals surface area contributed by atoms with E-state index >= 15 is 0 Å². The topological polar surface area (TPSA) is 44.8 Å². The van der Waals surface area contributed by atoms with E-state index in [1.165, 1.54) is 6.42 Å². The number of rotatable bonds is 7.